The van der Waals surface area contributed by atoms with Gasteiger partial charge in [0.25, 0.3) is 0 Å². The molecule has 1 fully saturated rings. The number of benzene rings is 2. The third kappa shape index (κ3) is 4.55. The van der Waals surface area contributed by atoms with E-state index in [-0.39, 0.29) is 30.2 Å². The molecule has 0 unspecified atom stereocenters. The smallest absolute Gasteiger partial charge is 0.233 e. The zero-order valence-corrected chi connectivity index (χ0v) is 19.4. The highest BCUT2D eigenvalue weighted by Gasteiger charge is 2.31. The van der Waals surface area contributed by atoms with Crippen LogP contribution in [0.5, 0.6) is 11.5 Å². The van der Waals surface area contributed by atoms with Crippen molar-refractivity contribution in [2.24, 2.45) is 0 Å². The molecule has 0 spiro atoms. The van der Waals surface area contributed by atoms with Crippen molar-refractivity contribution in [3.05, 3.63) is 48.5 Å². The lowest BCUT2D eigenvalue weighted by Gasteiger charge is -2.16. The molecule has 2 aromatic carbocycles. The van der Waals surface area contributed by atoms with Crippen molar-refractivity contribution in [1.29, 1.82) is 0 Å². The molecule has 0 radical (unpaired) electrons. The third-order valence-corrected chi connectivity index (χ3v) is 8.32. The number of ether oxygens (including phenoxy) is 2. The maximum atomic E-state index is 12.8. The molecule has 1 saturated heterocycles. The minimum atomic E-state index is -3.07. The van der Waals surface area contributed by atoms with Gasteiger partial charge < -0.3 is 14.8 Å². The van der Waals surface area contributed by atoms with Crippen LogP contribution >= 0.6 is 11.8 Å². The maximum Gasteiger partial charge on any atom is 0.233 e. The van der Waals surface area contributed by atoms with E-state index in [1.54, 1.807) is 6.92 Å². The first-order valence-corrected chi connectivity index (χ1v) is 13.2. The van der Waals surface area contributed by atoms with Gasteiger partial charge in [-0.15, -0.1) is 10.2 Å². The van der Waals surface area contributed by atoms with Crippen molar-refractivity contribution in [2.75, 3.05) is 18.3 Å². The summed E-state index contributed by atoms with van der Waals surface area (Å²) >= 11 is 1.27. The Morgan fingerprint density at radius 2 is 1.94 bits per heavy atom. The van der Waals surface area contributed by atoms with Gasteiger partial charge >= 0.3 is 0 Å². The molecule has 0 saturated carbocycles. The van der Waals surface area contributed by atoms with Crippen molar-refractivity contribution in [3.63, 3.8) is 0 Å². The monoisotopic (exact) mass is 486 g/mol. The molecular formula is C22H22N4O5S2. The lowest BCUT2D eigenvalue weighted by atomic mass is 10.2. The van der Waals surface area contributed by atoms with Crippen LogP contribution in [0.15, 0.2) is 53.7 Å². The summed E-state index contributed by atoms with van der Waals surface area (Å²) in [5.41, 5.74) is 1.66. The summed E-state index contributed by atoms with van der Waals surface area (Å²) in [5.74, 6) is 1.80. The second-order valence-corrected chi connectivity index (χ2v) is 11.5. The Balaban J connectivity index is 1.42. The molecule has 0 aliphatic carbocycles. The zero-order valence-electron chi connectivity index (χ0n) is 17.8. The van der Waals surface area contributed by atoms with Crippen molar-refractivity contribution in [3.8, 4) is 28.6 Å². The minimum absolute atomic E-state index is 0.00934. The van der Waals surface area contributed by atoms with Gasteiger partial charge in [0.15, 0.2) is 32.3 Å². The van der Waals surface area contributed by atoms with Crippen LogP contribution in [0.1, 0.15) is 13.3 Å². The highest BCUT2D eigenvalue weighted by Crippen LogP contribution is 2.37. The highest BCUT2D eigenvalue weighted by molar-refractivity contribution is 8.00. The second kappa shape index (κ2) is 8.71. The van der Waals surface area contributed by atoms with Gasteiger partial charge in [-0.05, 0) is 43.7 Å². The van der Waals surface area contributed by atoms with Gasteiger partial charge in [-0.1, -0.05) is 30.0 Å². The molecule has 1 N–H and O–H groups in total. The average molecular weight is 487 g/mol. The van der Waals surface area contributed by atoms with E-state index >= 15 is 0 Å². The zero-order chi connectivity index (χ0) is 23.0. The van der Waals surface area contributed by atoms with Crippen LogP contribution in [0.3, 0.4) is 0 Å². The number of nitrogens with one attached hydrogen (secondary N) is 1. The van der Waals surface area contributed by atoms with Gasteiger partial charge in [-0.2, -0.15) is 0 Å². The van der Waals surface area contributed by atoms with Crippen LogP contribution in [0.25, 0.3) is 17.1 Å². The molecule has 5 rings (SSSR count). The van der Waals surface area contributed by atoms with E-state index < -0.39 is 15.1 Å². The summed E-state index contributed by atoms with van der Waals surface area (Å²) in [6, 6.07) is 14.9. The SMILES string of the molecule is C[C@@H](Sc1nnc(-c2ccc3c(c2)OCO3)n1-c1ccccc1)C(=O)N[C@H]1CCS(=O)(=O)C1. The fraction of sp³-hybridized carbons (Fsp3) is 0.318. The quantitative estimate of drug-likeness (QED) is 0.529. The van der Waals surface area contributed by atoms with Gasteiger partial charge in [-0.3, -0.25) is 9.36 Å². The summed E-state index contributed by atoms with van der Waals surface area (Å²) < 4.78 is 36.2. The number of rotatable bonds is 6. The first-order chi connectivity index (χ1) is 15.9. The van der Waals surface area contributed by atoms with Crippen molar-refractivity contribution in [2.45, 2.75) is 29.8 Å². The number of carbonyl (C=O) groups excluding carboxylic acids is 1. The maximum absolute atomic E-state index is 12.8. The van der Waals surface area contributed by atoms with Crippen LogP contribution in [0.2, 0.25) is 0 Å². The lowest BCUT2D eigenvalue weighted by Crippen LogP contribution is -2.40. The van der Waals surface area contributed by atoms with Crippen LogP contribution in [-0.4, -0.2) is 58.7 Å². The highest BCUT2D eigenvalue weighted by atomic mass is 32.2. The van der Waals surface area contributed by atoms with Crippen LogP contribution in [0.4, 0.5) is 0 Å². The topological polar surface area (TPSA) is 112 Å². The van der Waals surface area contributed by atoms with Gasteiger partial charge in [-0.25, -0.2) is 8.42 Å². The van der Waals surface area contributed by atoms with Crippen molar-refractivity contribution < 1.29 is 22.7 Å². The second-order valence-electron chi connectivity index (χ2n) is 7.91. The lowest BCUT2D eigenvalue weighted by molar-refractivity contribution is -0.120. The standard InChI is InChI=1S/C22H22N4O5S2/c1-14(21(27)23-16-9-10-33(28,29)12-16)32-22-25-24-20(26(22)17-5-3-2-4-6-17)15-7-8-18-19(11-15)31-13-30-18/h2-8,11,14,16H,9-10,12-13H2,1H3,(H,23,27)/t14-,16+/m1/s1. The average Bonchev–Trinajstić information content (AvgIpc) is 3.52. The molecule has 3 aromatic rings. The van der Waals surface area contributed by atoms with Crippen LogP contribution in [0, 0.1) is 0 Å². The van der Waals surface area contributed by atoms with Crippen LogP contribution < -0.4 is 14.8 Å². The number of thioether (sulfide) groups is 1. The first-order valence-electron chi connectivity index (χ1n) is 10.5. The van der Waals surface area contributed by atoms with E-state index in [4.69, 9.17) is 9.47 Å². The normalized spacial score (nSPS) is 19.4. The number of hydrogen-bond acceptors (Lipinski definition) is 8. The molecule has 1 amide bonds. The number of carbonyl (C=O) groups is 1. The summed E-state index contributed by atoms with van der Waals surface area (Å²) in [5, 5.41) is 11.7. The number of hydrogen-bond donors (Lipinski definition) is 1. The summed E-state index contributed by atoms with van der Waals surface area (Å²) in [6.07, 6.45) is 0.444. The Kier molecular flexibility index (Phi) is 5.75. The summed E-state index contributed by atoms with van der Waals surface area (Å²) in [7, 11) is -3.07. The fourth-order valence-electron chi connectivity index (χ4n) is 3.82. The Labute approximate surface area is 195 Å². The third-order valence-electron chi connectivity index (χ3n) is 5.51. The molecule has 3 heterocycles. The molecule has 9 nitrogen and oxygen atoms in total. The Bertz CT molecular complexity index is 1290. The van der Waals surface area contributed by atoms with Crippen LogP contribution in [-0.2, 0) is 14.6 Å². The molecule has 2 aliphatic heterocycles. The number of fused-ring (bicyclic) bond motifs is 1. The van der Waals surface area contributed by atoms with Gasteiger partial charge in [0.05, 0.1) is 16.8 Å². The van der Waals surface area contributed by atoms with Crippen molar-refractivity contribution in [1.82, 2.24) is 20.1 Å². The summed E-state index contributed by atoms with van der Waals surface area (Å²) in [4.78, 5) is 12.8. The van der Waals surface area contributed by atoms with E-state index in [0.717, 1.165) is 11.3 Å². The minimum Gasteiger partial charge on any atom is -0.454 e. The number of para-hydroxylation sites is 1. The number of nitrogens with zero attached hydrogens (tertiary/aromatic N) is 3. The van der Waals surface area contributed by atoms with Gasteiger partial charge in [0, 0.05) is 17.3 Å². The Hall–Kier alpha value is -3.05. The Morgan fingerprint density at radius 1 is 1.15 bits per heavy atom. The van der Waals surface area contributed by atoms with Gasteiger partial charge in [0.2, 0.25) is 12.7 Å². The van der Waals surface area contributed by atoms with E-state index in [9.17, 15) is 13.2 Å². The van der Waals surface area contributed by atoms with E-state index in [2.05, 4.69) is 15.5 Å². The molecular weight excluding hydrogens is 464 g/mol. The number of amides is 1. The summed E-state index contributed by atoms with van der Waals surface area (Å²) in [6.45, 7) is 1.95. The largest absolute Gasteiger partial charge is 0.454 e. The van der Waals surface area contributed by atoms with Crippen molar-refractivity contribution >= 4 is 27.5 Å². The fourth-order valence-corrected chi connectivity index (χ4v) is 6.37. The molecule has 2 atom stereocenters. The molecule has 2 aliphatic rings. The van der Waals surface area contributed by atoms with Gasteiger partial charge in [0.1, 0.15) is 0 Å². The molecule has 33 heavy (non-hydrogen) atoms. The van der Waals surface area contributed by atoms with E-state index in [1.807, 2.05) is 53.1 Å². The Morgan fingerprint density at radius 3 is 2.70 bits per heavy atom. The molecule has 1 aromatic heterocycles. The molecule has 172 valence electrons. The first kappa shape index (κ1) is 21.8. The number of aromatic nitrogens is 3. The number of sulfone groups is 1. The predicted octanol–water partition coefficient (Wildman–Crippen LogP) is 2.45. The molecule has 11 heteroatoms. The molecule has 0 bridgehead atoms. The van der Waals surface area contributed by atoms with E-state index in [0.29, 0.717) is 28.9 Å². The van der Waals surface area contributed by atoms with E-state index in [1.165, 1.54) is 11.8 Å². The predicted molar refractivity (Wildman–Crippen MR) is 123 cm³/mol.